The fraction of sp³-hybridized carbons (Fsp3) is 0.559. The van der Waals surface area contributed by atoms with Crippen LogP contribution in [0.4, 0.5) is 10.5 Å². The molecule has 238 valence electrons. The number of alkyl carbamates (subject to hydrolysis) is 1. The summed E-state index contributed by atoms with van der Waals surface area (Å²) in [5.41, 5.74) is 1.04. The van der Waals surface area contributed by atoms with Gasteiger partial charge in [0, 0.05) is 6.54 Å². The van der Waals surface area contributed by atoms with Gasteiger partial charge in [0.1, 0.15) is 23.4 Å². The van der Waals surface area contributed by atoms with E-state index in [-0.39, 0.29) is 17.6 Å². The van der Waals surface area contributed by atoms with Crippen LogP contribution in [0.2, 0.25) is 5.02 Å². The molecule has 0 spiro atoms. The molecule has 2 aromatic rings. The third-order valence-corrected chi connectivity index (χ3v) is 7.29. The first-order valence-corrected chi connectivity index (χ1v) is 15.8. The van der Waals surface area contributed by atoms with E-state index in [9.17, 15) is 19.5 Å². The van der Waals surface area contributed by atoms with Crippen LogP contribution in [0.3, 0.4) is 0 Å². The number of amides is 3. The van der Waals surface area contributed by atoms with Crippen molar-refractivity contribution in [2.45, 2.75) is 111 Å². The first kappa shape index (κ1) is 35.9. The van der Waals surface area contributed by atoms with Crippen molar-refractivity contribution in [3.05, 3.63) is 58.6 Å². The number of para-hydroxylation sites is 1. The number of phenols is 1. The molecule has 3 amide bonds. The van der Waals surface area contributed by atoms with Gasteiger partial charge in [0.05, 0.1) is 10.7 Å². The van der Waals surface area contributed by atoms with Crippen LogP contribution in [0.1, 0.15) is 104 Å². The van der Waals surface area contributed by atoms with E-state index >= 15 is 0 Å². The normalized spacial score (nSPS) is 12.9. The number of aromatic hydroxyl groups is 1. The Morgan fingerprint density at radius 3 is 2.19 bits per heavy atom. The van der Waals surface area contributed by atoms with E-state index in [0.717, 1.165) is 37.7 Å². The topological polar surface area (TPSA) is 108 Å². The molecular formula is C34H50ClN3O5. The number of aryl methyl sites for hydroxylation is 1. The van der Waals surface area contributed by atoms with Crippen molar-refractivity contribution in [3.8, 4) is 5.75 Å². The van der Waals surface area contributed by atoms with E-state index in [0.29, 0.717) is 35.7 Å². The Bertz CT molecular complexity index is 1170. The number of phenolic OH excluding ortho intramolecular Hbond substituents is 1. The molecule has 0 saturated heterocycles. The minimum absolute atomic E-state index is 0.0444. The summed E-state index contributed by atoms with van der Waals surface area (Å²) in [5.74, 6) is -0.701. The summed E-state index contributed by atoms with van der Waals surface area (Å²) in [4.78, 5) is 43.0. The molecule has 0 aromatic heterocycles. The van der Waals surface area contributed by atoms with Gasteiger partial charge >= 0.3 is 6.09 Å². The molecule has 2 unspecified atom stereocenters. The van der Waals surface area contributed by atoms with Crippen LogP contribution < -0.4 is 10.6 Å². The number of carbonyl (C=O) groups is 3. The highest BCUT2D eigenvalue weighted by Crippen LogP contribution is 2.31. The minimum atomic E-state index is -1.05. The fourth-order valence-electron chi connectivity index (χ4n) is 4.88. The Labute approximate surface area is 262 Å². The number of carbonyl (C=O) groups excluding carboxylic acids is 3. The lowest BCUT2D eigenvalue weighted by molar-refractivity contribution is -0.141. The molecule has 2 rings (SSSR count). The second kappa shape index (κ2) is 17.1. The Balaban J connectivity index is 2.54. The van der Waals surface area contributed by atoms with Gasteiger partial charge in [-0.1, -0.05) is 88.7 Å². The van der Waals surface area contributed by atoms with Gasteiger partial charge in [-0.15, -0.1) is 0 Å². The van der Waals surface area contributed by atoms with Crippen molar-refractivity contribution in [1.29, 1.82) is 0 Å². The van der Waals surface area contributed by atoms with E-state index in [1.54, 1.807) is 49.9 Å². The lowest BCUT2D eigenvalue weighted by atomic mass is 9.98. The number of nitrogens with one attached hydrogen (secondary N) is 2. The van der Waals surface area contributed by atoms with Crippen molar-refractivity contribution >= 4 is 35.2 Å². The summed E-state index contributed by atoms with van der Waals surface area (Å²) in [6.07, 6.45) is 5.65. The standard InChI is InChI=1S/C34H50ClN3O5/c1-8-9-10-11-12-13-21-38(32(41)28(22-23(2)3)36-33(42)43-34(5,6)7)30(25-17-19-26(39)20-18-25)31(40)37-29-24(4)15-14-16-27(29)35/h14-20,23,28,30,39H,8-13,21-22H2,1-7H3,(H,36,42)(H,37,40). The van der Waals surface area contributed by atoms with Crippen LogP contribution in [0.5, 0.6) is 5.75 Å². The summed E-state index contributed by atoms with van der Waals surface area (Å²) >= 11 is 6.46. The first-order chi connectivity index (χ1) is 20.2. The Hall–Kier alpha value is -3.26. The number of hydrogen-bond acceptors (Lipinski definition) is 5. The molecule has 9 heteroatoms. The zero-order chi connectivity index (χ0) is 32.2. The molecule has 0 bridgehead atoms. The van der Waals surface area contributed by atoms with Gasteiger partial charge < -0.3 is 25.4 Å². The molecule has 0 fully saturated rings. The molecule has 0 aliphatic carbocycles. The average molecular weight is 616 g/mol. The molecule has 0 heterocycles. The molecule has 2 atom stereocenters. The van der Waals surface area contributed by atoms with Crippen molar-refractivity contribution < 1.29 is 24.2 Å². The summed E-state index contributed by atoms with van der Waals surface area (Å²) in [7, 11) is 0. The van der Waals surface area contributed by atoms with Gasteiger partial charge in [-0.25, -0.2) is 4.79 Å². The van der Waals surface area contributed by atoms with Crippen LogP contribution in [0.25, 0.3) is 0 Å². The number of anilines is 1. The van der Waals surface area contributed by atoms with Gasteiger partial charge in [-0.2, -0.15) is 0 Å². The second-order valence-corrected chi connectivity index (χ2v) is 13.0. The van der Waals surface area contributed by atoms with Crippen LogP contribution >= 0.6 is 11.6 Å². The van der Waals surface area contributed by atoms with Crippen molar-refractivity contribution in [2.24, 2.45) is 5.92 Å². The van der Waals surface area contributed by atoms with E-state index in [1.165, 1.54) is 12.1 Å². The highest BCUT2D eigenvalue weighted by Gasteiger charge is 2.36. The van der Waals surface area contributed by atoms with Gasteiger partial charge in [-0.3, -0.25) is 9.59 Å². The number of hydrogen-bond donors (Lipinski definition) is 3. The summed E-state index contributed by atoms with van der Waals surface area (Å²) < 4.78 is 5.48. The zero-order valence-corrected chi connectivity index (χ0v) is 27.6. The number of benzene rings is 2. The summed E-state index contributed by atoms with van der Waals surface area (Å²) in [6, 6.07) is 9.65. The van der Waals surface area contributed by atoms with Crippen molar-refractivity contribution in [3.63, 3.8) is 0 Å². The fourth-order valence-corrected chi connectivity index (χ4v) is 5.15. The van der Waals surface area contributed by atoms with Gasteiger partial charge in [0.25, 0.3) is 5.91 Å². The molecular weight excluding hydrogens is 566 g/mol. The van der Waals surface area contributed by atoms with Crippen LogP contribution in [-0.4, -0.2) is 46.1 Å². The van der Waals surface area contributed by atoms with E-state index in [1.807, 2.05) is 26.8 Å². The lowest BCUT2D eigenvalue weighted by Crippen LogP contribution is -2.53. The molecule has 0 aliphatic heterocycles. The highest BCUT2D eigenvalue weighted by molar-refractivity contribution is 6.34. The molecule has 43 heavy (non-hydrogen) atoms. The zero-order valence-electron chi connectivity index (χ0n) is 26.8. The largest absolute Gasteiger partial charge is 0.508 e. The number of nitrogens with zero attached hydrogens (tertiary/aromatic N) is 1. The Kier molecular flexibility index (Phi) is 14.3. The van der Waals surface area contributed by atoms with E-state index < -0.39 is 29.7 Å². The third kappa shape index (κ3) is 12.1. The smallest absolute Gasteiger partial charge is 0.408 e. The highest BCUT2D eigenvalue weighted by atomic mass is 35.5. The molecule has 0 aliphatic rings. The van der Waals surface area contributed by atoms with Gasteiger partial charge in [0.15, 0.2) is 0 Å². The van der Waals surface area contributed by atoms with Crippen LogP contribution in [0.15, 0.2) is 42.5 Å². The predicted octanol–water partition coefficient (Wildman–Crippen LogP) is 8.16. The first-order valence-electron chi connectivity index (χ1n) is 15.4. The quantitative estimate of drug-likeness (QED) is 0.175. The van der Waals surface area contributed by atoms with Crippen molar-refractivity contribution in [1.82, 2.24) is 10.2 Å². The van der Waals surface area contributed by atoms with E-state index in [4.69, 9.17) is 16.3 Å². The number of ether oxygens (including phenoxy) is 1. The molecule has 0 radical (unpaired) electrons. The summed E-state index contributed by atoms with van der Waals surface area (Å²) in [5, 5.41) is 16.1. The maximum Gasteiger partial charge on any atom is 0.408 e. The monoisotopic (exact) mass is 615 g/mol. The minimum Gasteiger partial charge on any atom is -0.508 e. The van der Waals surface area contributed by atoms with Crippen LogP contribution in [-0.2, 0) is 14.3 Å². The van der Waals surface area contributed by atoms with E-state index in [2.05, 4.69) is 17.6 Å². The number of halogens is 1. The third-order valence-electron chi connectivity index (χ3n) is 6.97. The molecule has 2 aromatic carbocycles. The van der Waals surface area contributed by atoms with Gasteiger partial charge in [0.2, 0.25) is 5.91 Å². The van der Waals surface area contributed by atoms with Gasteiger partial charge in [-0.05, 0) is 75.8 Å². The van der Waals surface area contributed by atoms with Crippen molar-refractivity contribution in [2.75, 3.05) is 11.9 Å². The maximum atomic E-state index is 14.4. The predicted molar refractivity (Wildman–Crippen MR) is 173 cm³/mol. The summed E-state index contributed by atoms with van der Waals surface area (Å²) in [6.45, 7) is 13.5. The SMILES string of the molecule is CCCCCCCCN(C(=O)C(CC(C)C)NC(=O)OC(C)(C)C)C(C(=O)Nc1c(C)cccc1Cl)c1ccc(O)cc1. The Morgan fingerprint density at radius 2 is 1.60 bits per heavy atom. The number of unbranched alkanes of at least 4 members (excludes halogenated alkanes) is 5. The average Bonchev–Trinajstić information content (AvgIpc) is 2.91. The molecule has 0 saturated carbocycles. The second-order valence-electron chi connectivity index (χ2n) is 12.5. The Morgan fingerprint density at radius 1 is 0.977 bits per heavy atom. The number of rotatable bonds is 15. The van der Waals surface area contributed by atoms with Crippen LogP contribution in [0, 0.1) is 12.8 Å². The lowest BCUT2D eigenvalue weighted by Gasteiger charge is -2.35. The maximum absolute atomic E-state index is 14.4. The molecule has 8 nitrogen and oxygen atoms in total. The molecule has 3 N–H and O–H groups in total.